The summed E-state index contributed by atoms with van der Waals surface area (Å²) < 4.78 is 68.2. The molecule has 0 aliphatic rings. The molecule has 0 spiro atoms. The van der Waals surface area contributed by atoms with Crippen molar-refractivity contribution in [1.82, 2.24) is 0 Å². The molecule has 0 saturated carbocycles. The zero-order chi connectivity index (χ0) is 69.0. The van der Waals surface area contributed by atoms with Crippen molar-refractivity contribution in [3.63, 3.8) is 0 Å². The van der Waals surface area contributed by atoms with Crippen LogP contribution in [-0.4, -0.2) is 96.7 Å². The fourth-order valence-electron chi connectivity index (χ4n) is 9.40. The number of allylic oxidation sites excluding steroid dienone is 16. The van der Waals surface area contributed by atoms with E-state index in [1.807, 2.05) is 0 Å². The van der Waals surface area contributed by atoms with Gasteiger partial charge in [-0.05, 0) is 135 Å². The van der Waals surface area contributed by atoms with Crippen molar-refractivity contribution in [2.45, 2.75) is 316 Å². The van der Waals surface area contributed by atoms with E-state index in [1.165, 1.54) is 51.4 Å². The first kappa shape index (κ1) is 90.0. The first-order valence-electron chi connectivity index (χ1n) is 36.5. The Balaban J connectivity index is 5.36. The Bertz CT molecular complexity index is 2170. The molecule has 3 N–H and O–H groups in total. The normalized spacial score (nSPS) is 14.6. The Hall–Kier alpha value is -4.02. The minimum absolute atomic E-state index is 0.0745. The maximum absolute atomic E-state index is 13.0. The number of phosphoric ester groups is 2. The molecule has 0 rings (SSSR count). The molecular weight excluding hydrogens is 1230 g/mol. The number of carbonyl (C=O) groups excluding carboxylic acids is 4. The third-order valence-electron chi connectivity index (χ3n) is 15.0. The van der Waals surface area contributed by atoms with Crippen LogP contribution in [0.1, 0.15) is 297 Å². The lowest BCUT2D eigenvalue weighted by atomic mass is 10.1. The van der Waals surface area contributed by atoms with Crippen LogP contribution in [0.3, 0.4) is 0 Å². The van der Waals surface area contributed by atoms with Crippen molar-refractivity contribution in [2.24, 2.45) is 0 Å². The molecular formula is C75H130O17P2. The Morgan fingerprint density at radius 2 is 0.585 bits per heavy atom. The van der Waals surface area contributed by atoms with Crippen LogP contribution >= 0.6 is 15.6 Å². The average Bonchev–Trinajstić information content (AvgIpc) is 1.35. The Kier molecular flexibility index (Phi) is 64.7. The van der Waals surface area contributed by atoms with Crippen LogP contribution in [0.4, 0.5) is 0 Å². The van der Waals surface area contributed by atoms with Crippen LogP contribution in [0.25, 0.3) is 0 Å². The molecule has 19 heteroatoms. The molecule has 0 aromatic carbocycles. The van der Waals surface area contributed by atoms with Gasteiger partial charge in [0, 0.05) is 25.7 Å². The lowest BCUT2D eigenvalue weighted by molar-refractivity contribution is -0.161. The van der Waals surface area contributed by atoms with Gasteiger partial charge < -0.3 is 33.8 Å². The predicted molar refractivity (Wildman–Crippen MR) is 381 cm³/mol. The predicted octanol–water partition coefficient (Wildman–Crippen LogP) is 20.4. The number of hydrogen-bond acceptors (Lipinski definition) is 15. The van der Waals surface area contributed by atoms with Gasteiger partial charge in [0.25, 0.3) is 0 Å². The van der Waals surface area contributed by atoms with Gasteiger partial charge in [0.05, 0.1) is 26.4 Å². The van der Waals surface area contributed by atoms with Crippen LogP contribution < -0.4 is 0 Å². The minimum atomic E-state index is -4.98. The van der Waals surface area contributed by atoms with E-state index in [2.05, 4.69) is 125 Å². The van der Waals surface area contributed by atoms with Gasteiger partial charge in [-0.15, -0.1) is 0 Å². The third kappa shape index (κ3) is 66.6. The highest BCUT2D eigenvalue weighted by Gasteiger charge is 2.30. The number of unbranched alkanes of at least 4 members (excludes halogenated alkanes) is 26. The largest absolute Gasteiger partial charge is 0.472 e. The van der Waals surface area contributed by atoms with Crippen molar-refractivity contribution in [2.75, 3.05) is 39.6 Å². The van der Waals surface area contributed by atoms with Crippen molar-refractivity contribution >= 4 is 39.5 Å². The van der Waals surface area contributed by atoms with Gasteiger partial charge in [-0.2, -0.15) is 0 Å². The van der Waals surface area contributed by atoms with Gasteiger partial charge in [-0.1, -0.05) is 234 Å². The molecule has 17 nitrogen and oxygen atoms in total. The molecule has 0 aliphatic heterocycles. The molecule has 5 unspecified atom stereocenters. The number of esters is 4. The SMILES string of the molecule is CC/C=C\C/C=C\C/C=C\C/C=C\CCCCC(=O)OCC(COP(=O)(O)OCC(O)COP(=O)(O)OCC(COC(=O)CCCCCCC/C=C\CCCCCCCC)OC(=O)CCCCCCC/C=C\C/C=C\CCC)OC(=O)CCCCCCC/C=C\CCCC. The summed E-state index contributed by atoms with van der Waals surface area (Å²) in [5, 5.41) is 10.6. The quantitative estimate of drug-likeness (QED) is 0.0169. The molecule has 0 radical (unpaired) electrons. The van der Waals surface area contributed by atoms with Gasteiger partial charge in [0.15, 0.2) is 12.2 Å². The van der Waals surface area contributed by atoms with Crippen LogP contribution in [0.15, 0.2) is 97.2 Å². The lowest BCUT2D eigenvalue weighted by Crippen LogP contribution is -2.30. The monoisotopic (exact) mass is 1360 g/mol. The topological polar surface area (TPSA) is 237 Å². The average molecular weight is 1370 g/mol. The Morgan fingerprint density at radius 3 is 0.957 bits per heavy atom. The molecule has 94 heavy (non-hydrogen) atoms. The van der Waals surface area contributed by atoms with Crippen LogP contribution in [0.5, 0.6) is 0 Å². The highest BCUT2D eigenvalue weighted by Crippen LogP contribution is 2.45. The van der Waals surface area contributed by atoms with E-state index in [4.69, 9.17) is 37.0 Å². The van der Waals surface area contributed by atoms with E-state index in [0.717, 1.165) is 167 Å². The summed E-state index contributed by atoms with van der Waals surface area (Å²) in [7, 11) is -9.96. The highest BCUT2D eigenvalue weighted by atomic mass is 31.2. The summed E-state index contributed by atoms with van der Waals surface area (Å²) in [5.41, 5.74) is 0. The van der Waals surface area contributed by atoms with Crippen LogP contribution in [0, 0.1) is 0 Å². The summed E-state index contributed by atoms with van der Waals surface area (Å²) in [4.78, 5) is 72.6. The molecule has 0 aromatic heterocycles. The first-order valence-corrected chi connectivity index (χ1v) is 39.5. The maximum atomic E-state index is 13.0. The van der Waals surface area contributed by atoms with Gasteiger partial charge in [-0.3, -0.25) is 37.3 Å². The molecule has 5 atom stereocenters. The van der Waals surface area contributed by atoms with Crippen molar-refractivity contribution in [3.05, 3.63) is 97.2 Å². The molecule has 0 fully saturated rings. The van der Waals surface area contributed by atoms with Crippen molar-refractivity contribution < 1.29 is 80.2 Å². The molecule has 542 valence electrons. The van der Waals surface area contributed by atoms with Crippen LogP contribution in [-0.2, 0) is 65.4 Å². The zero-order valence-electron chi connectivity index (χ0n) is 58.9. The van der Waals surface area contributed by atoms with E-state index in [1.54, 1.807) is 0 Å². The van der Waals surface area contributed by atoms with Gasteiger partial charge in [0.2, 0.25) is 0 Å². The van der Waals surface area contributed by atoms with Crippen molar-refractivity contribution in [1.29, 1.82) is 0 Å². The second kappa shape index (κ2) is 67.5. The van der Waals surface area contributed by atoms with E-state index in [9.17, 15) is 43.2 Å². The summed E-state index contributed by atoms with van der Waals surface area (Å²) in [5.74, 6) is -2.25. The summed E-state index contributed by atoms with van der Waals surface area (Å²) >= 11 is 0. The molecule has 0 amide bonds. The fraction of sp³-hybridized carbons (Fsp3) is 0.733. The lowest BCUT2D eigenvalue weighted by Gasteiger charge is -2.21. The van der Waals surface area contributed by atoms with E-state index in [-0.39, 0.29) is 25.7 Å². The second-order valence-electron chi connectivity index (χ2n) is 24.1. The Morgan fingerprint density at radius 1 is 0.309 bits per heavy atom. The Labute approximate surface area is 569 Å². The highest BCUT2D eigenvalue weighted by molar-refractivity contribution is 7.47. The molecule has 0 saturated heterocycles. The maximum Gasteiger partial charge on any atom is 0.472 e. The third-order valence-corrected chi connectivity index (χ3v) is 16.9. The minimum Gasteiger partial charge on any atom is -0.462 e. The zero-order valence-corrected chi connectivity index (χ0v) is 60.7. The van der Waals surface area contributed by atoms with Crippen LogP contribution in [0.2, 0.25) is 0 Å². The summed E-state index contributed by atoms with van der Waals surface area (Å²) in [6.07, 6.45) is 68.5. The number of phosphoric acid groups is 2. The summed E-state index contributed by atoms with van der Waals surface area (Å²) in [6, 6.07) is 0. The fourth-order valence-corrected chi connectivity index (χ4v) is 11.0. The second-order valence-corrected chi connectivity index (χ2v) is 27.0. The van der Waals surface area contributed by atoms with Gasteiger partial charge >= 0.3 is 39.5 Å². The number of hydrogen-bond donors (Lipinski definition) is 3. The van der Waals surface area contributed by atoms with Gasteiger partial charge in [-0.25, -0.2) is 9.13 Å². The molecule has 0 bridgehead atoms. The molecule has 0 aliphatic carbocycles. The number of aliphatic hydroxyl groups excluding tert-OH is 1. The van der Waals surface area contributed by atoms with E-state index < -0.39 is 97.5 Å². The molecule has 0 aromatic rings. The smallest absolute Gasteiger partial charge is 0.462 e. The molecule has 0 heterocycles. The summed E-state index contributed by atoms with van der Waals surface area (Å²) in [6.45, 7) is 4.56. The van der Waals surface area contributed by atoms with E-state index >= 15 is 0 Å². The number of aliphatic hydroxyl groups is 1. The number of ether oxygens (including phenoxy) is 4. The van der Waals surface area contributed by atoms with Crippen molar-refractivity contribution in [3.8, 4) is 0 Å². The number of rotatable bonds is 68. The number of carbonyl (C=O) groups is 4. The standard InChI is InChI=1S/C75H130O17P2/c1-5-9-13-17-21-25-29-32-34-37-40-43-47-51-55-59-72(77)85-65-70(91-74(79)61-57-53-49-45-39-28-24-20-16-12-8-4)67-89-93(81,82)87-63-69(76)64-88-94(83,84)90-68-71(92-75(80)62-58-54-50-46-42-36-31-27-23-19-15-11-7-3)66-86-73(78)60-56-52-48-44-41-38-35-33-30-26-22-18-14-10-6-2/h9,13,15,19-21,24-25,27,31-35,40,43,69-71,76H,5-8,10-12,14,16-18,22-23,26,28-30,36-39,41-42,44-68H2,1-4H3,(H,81,82)(H,83,84)/b13-9-,19-15-,24-20-,25-21-,31-27-,34-32-,35-33-,43-40-. The van der Waals surface area contributed by atoms with E-state index in [0.29, 0.717) is 25.7 Å². The first-order chi connectivity index (χ1) is 45.7. The van der Waals surface area contributed by atoms with Gasteiger partial charge in [0.1, 0.15) is 19.3 Å².